The molecule has 6 heteroatoms. The average Bonchev–Trinajstić information content (AvgIpc) is 2.91. The molecule has 0 spiro atoms. The number of nitrogens with zero attached hydrogens (tertiary/aromatic N) is 1. The first-order valence-corrected chi connectivity index (χ1v) is 11.9. The van der Waals surface area contributed by atoms with Gasteiger partial charge in [0.15, 0.2) is 6.61 Å². The van der Waals surface area contributed by atoms with Gasteiger partial charge in [0.1, 0.15) is 11.5 Å². The number of para-hydroxylation sites is 1. The maximum absolute atomic E-state index is 12.8. The van der Waals surface area contributed by atoms with Crippen LogP contribution in [0, 0.1) is 0 Å². The maximum Gasteiger partial charge on any atom is 0.349 e. The molecule has 36 heavy (non-hydrogen) atoms. The van der Waals surface area contributed by atoms with E-state index in [1.165, 1.54) is 0 Å². The van der Waals surface area contributed by atoms with Crippen molar-refractivity contribution in [3.63, 3.8) is 0 Å². The fourth-order valence-electron chi connectivity index (χ4n) is 4.02. The Hall–Kier alpha value is -4.32. The number of esters is 1. The normalized spacial score (nSPS) is 11.5. The molecule has 0 aliphatic heterocycles. The first kappa shape index (κ1) is 24.8. The second kappa shape index (κ2) is 11.4. The van der Waals surface area contributed by atoms with Crippen molar-refractivity contribution in [3.05, 3.63) is 102 Å². The smallest absolute Gasteiger partial charge is 0.349 e. The quantitative estimate of drug-likeness (QED) is 0.252. The third-order valence-corrected chi connectivity index (χ3v) is 5.91. The molecule has 1 N–H and O–H groups in total. The van der Waals surface area contributed by atoms with E-state index in [9.17, 15) is 9.59 Å². The first-order chi connectivity index (χ1) is 17.5. The second-order valence-corrected chi connectivity index (χ2v) is 8.61. The van der Waals surface area contributed by atoms with Gasteiger partial charge in [0.25, 0.3) is 0 Å². The van der Waals surface area contributed by atoms with Crippen molar-refractivity contribution in [2.24, 2.45) is 0 Å². The number of carbonyl (C=O) groups excluding carboxylic acids is 2. The number of carbonyl (C=O) groups is 2. The number of anilines is 1. The summed E-state index contributed by atoms with van der Waals surface area (Å²) < 4.78 is 11.4. The molecule has 1 atom stereocenters. The van der Waals surface area contributed by atoms with E-state index < -0.39 is 12.0 Å². The lowest BCUT2D eigenvalue weighted by Crippen LogP contribution is -2.29. The van der Waals surface area contributed by atoms with Gasteiger partial charge in [-0.3, -0.25) is 4.79 Å². The minimum absolute atomic E-state index is 0.102. The van der Waals surface area contributed by atoms with Gasteiger partial charge < -0.3 is 19.7 Å². The molecule has 0 heterocycles. The number of ether oxygens (including phenoxy) is 2. The van der Waals surface area contributed by atoms with E-state index in [1.54, 1.807) is 18.2 Å². The Labute approximate surface area is 211 Å². The van der Waals surface area contributed by atoms with E-state index in [2.05, 4.69) is 5.32 Å². The van der Waals surface area contributed by atoms with Gasteiger partial charge in [0.05, 0.1) is 6.04 Å². The highest BCUT2D eigenvalue weighted by Crippen LogP contribution is 2.37. The Bertz CT molecular complexity index is 1330. The molecular weight excluding hydrogens is 452 g/mol. The predicted octanol–water partition coefficient (Wildman–Crippen LogP) is 5.51. The van der Waals surface area contributed by atoms with E-state index >= 15 is 0 Å². The van der Waals surface area contributed by atoms with Crippen LogP contribution in [0.1, 0.15) is 30.5 Å². The zero-order chi connectivity index (χ0) is 25.5. The standard InChI is InChI=1S/C30H30N2O4/c1-4-27(33)31-30(22-14-17-23(18-15-22)32(2)3)29-25-13-9-8-10-21(25)16-19-26(29)36-28(34)20-35-24-11-6-5-7-12-24/h5-19,30H,4,20H2,1-3H3,(H,31,33)/t30-/m1/s1. The summed E-state index contributed by atoms with van der Waals surface area (Å²) in [6.07, 6.45) is 0.330. The van der Waals surface area contributed by atoms with E-state index in [4.69, 9.17) is 9.47 Å². The van der Waals surface area contributed by atoms with Crippen molar-refractivity contribution in [2.75, 3.05) is 25.6 Å². The molecule has 0 aliphatic rings. The van der Waals surface area contributed by atoms with Crippen LogP contribution in [-0.4, -0.2) is 32.6 Å². The van der Waals surface area contributed by atoms with E-state index in [0.29, 0.717) is 17.9 Å². The molecule has 1 amide bonds. The molecule has 0 saturated carbocycles. The Morgan fingerprint density at radius 2 is 1.56 bits per heavy atom. The third-order valence-electron chi connectivity index (χ3n) is 5.91. The van der Waals surface area contributed by atoms with Gasteiger partial charge in [0, 0.05) is 31.8 Å². The molecule has 4 aromatic rings. The van der Waals surface area contributed by atoms with Gasteiger partial charge in [-0.2, -0.15) is 0 Å². The highest BCUT2D eigenvalue weighted by atomic mass is 16.6. The monoisotopic (exact) mass is 482 g/mol. The van der Waals surface area contributed by atoms with Crippen LogP contribution in [0.3, 0.4) is 0 Å². The van der Waals surface area contributed by atoms with E-state index in [-0.39, 0.29) is 12.5 Å². The summed E-state index contributed by atoms with van der Waals surface area (Å²) in [5, 5.41) is 5.01. The van der Waals surface area contributed by atoms with Crippen LogP contribution in [0.5, 0.6) is 11.5 Å². The summed E-state index contributed by atoms with van der Waals surface area (Å²) in [6, 6.07) is 28.1. The highest BCUT2D eigenvalue weighted by Gasteiger charge is 2.24. The van der Waals surface area contributed by atoms with E-state index in [1.807, 2.05) is 98.7 Å². The Morgan fingerprint density at radius 3 is 2.25 bits per heavy atom. The van der Waals surface area contributed by atoms with Crippen molar-refractivity contribution in [2.45, 2.75) is 19.4 Å². The number of fused-ring (bicyclic) bond motifs is 1. The predicted molar refractivity (Wildman–Crippen MR) is 143 cm³/mol. The van der Waals surface area contributed by atoms with E-state index in [0.717, 1.165) is 27.6 Å². The van der Waals surface area contributed by atoms with Crippen molar-refractivity contribution >= 4 is 28.3 Å². The van der Waals surface area contributed by atoms with Crippen molar-refractivity contribution in [1.29, 1.82) is 0 Å². The van der Waals surface area contributed by atoms with Crippen LogP contribution in [0.4, 0.5) is 5.69 Å². The number of hydrogen-bond acceptors (Lipinski definition) is 5. The van der Waals surface area contributed by atoms with Crippen LogP contribution < -0.4 is 19.7 Å². The van der Waals surface area contributed by atoms with Crippen LogP contribution in [0.15, 0.2) is 91.0 Å². The minimum atomic E-state index is -0.529. The number of amides is 1. The second-order valence-electron chi connectivity index (χ2n) is 8.61. The zero-order valence-electron chi connectivity index (χ0n) is 20.7. The molecule has 0 fully saturated rings. The Morgan fingerprint density at radius 1 is 0.861 bits per heavy atom. The SMILES string of the molecule is CCC(=O)N[C@H](c1ccc(N(C)C)cc1)c1c(OC(=O)COc2ccccc2)ccc2ccccc12. The fourth-order valence-corrected chi connectivity index (χ4v) is 4.02. The van der Waals surface area contributed by atoms with Crippen molar-refractivity contribution < 1.29 is 19.1 Å². The van der Waals surface area contributed by atoms with Gasteiger partial charge in [-0.15, -0.1) is 0 Å². The zero-order valence-corrected chi connectivity index (χ0v) is 20.7. The molecule has 184 valence electrons. The largest absolute Gasteiger partial charge is 0.482 e. The van der Waals surface area contributed by atoms with Crippen LogP contribution >= 0.6 is 0 Å². The lowest BCUT2D eigenvalue weighted by molar-refractivity contribution is -0.136. The topological polar surface area (TPSA) is 67.9 Å². The average molecular weight is 483 g/mol. The molecule has 6 nitrogen and oxygen atoms in total. The maximum atomic E-state index is 12.8. The lowest BCUT2D eigenvalue weighted by atomic mass is 9.92. The molecule has 4 aromatic carbocycles. The molecule has 0 saturated heterocycles. The summed E-state index contributed by atoms with van der Waals surface area (Å²) in [7, 11) is 3.95. The number of rotatable bonds is 9. The number of nitrogens with one attached hydrogen (secondary N) is 1. The third kappa shape index (κ3) is 5.84. The number of benzene rings is 4. The molecule has 0 aromatic heterocycles. The van der Waals surface area contributed by atoms with Crippen molar-refractivity contribution in [1.82, 2.24) is 5.32 Å². The number of hydrogen-bond donors (Lipinski definition) is 1. The van der Waals surface area contributed by atoms with Crippen LogP contribution in [0.2, 0.25) is 0 Å². The molecule has 0 unspecified atom stereocenters. The summed E-state index contributed by atoms with van der Waals surface area (Å²) in [5.74, 6) is 0.337. The Balaban J connectivity index is 1.74. The van der Waals surface area contributed by atoms with Gasteiger partial charge in [-0.25, -0.2) is 4.79 Å². The molecule has 0 aliphatic carbocycles. The van der Waals surface area contributed by atoms with Gasteiger partial charge in [0.2, 0.25) is 5.91 Å². The highest BCUT2D eigenvalue weighted by molar-refractivity contribution is 5.90. The first-order valence-electron chi connectivity index (χ1n) is 11.9. The van der Waals surface area contributed by atoms with Crippen LogP contribution in [-0.2, 0) is 9.59 Å². The fraction of sp³-hybridized carbons (Fsp3) is 0.200. The van der Waals surface area contributed by atoms with Gasteiger partial charge in [-0.05, 0) is 46.7 Å². The molecular formula is C30H30N2O4. The van der Waals surface area contributed by atoms with Crippen LogP contribution in [0.25, 0.3) is 10.8 Å². The van der Waals surface area contributed by atoms with Crippen molar-refractivity contribution in [3.8, 4) is 11.5 Å². The Kier molecular flexibility index (Phi) is 7.85. The molecule has 0 bridgehead atoms. The van der Waals surface area contributed by atoms with Gasteiger partial charge in [-0.1, -0.05) is 67.6 Å². The van der Waals surface area contributed by atoms with Gasteiger partial charge >= 0.3 is 5.97 Å². The molecule has 4 rings (SSSR count). The lowest BCUT2D eigenvalue weighted by Gasteiger charge is -2.24. The summed E-state index contributed by atoms with van der Waals surface area (Å²) in [5.41, 5.74) is 2.65. The molecule has 0 radical (unpaired) electrons. The minimum Gasteiger partial charge on any atom is -0.482 e. The summed E-state index contributed by atoms with van der Waals surface area (Å²) in [6.45, 7) is 1.58. The summed E-state index contributed by atoms with van der Waals surface area (Å²) in [4.78, 5) is 27.4. The summed E-state index contributed by atoms with van der Waals surface area (Å²) >= 11 is 0.